The number of aromatic nitrogens is 2. The fourth-order valence-electron chi connectivity index (χ4n) is 1.89. The lowest BCUT2D eigenvalue weighted by Gasteiger charge is -2.07. The van der Waals surface area contributed by atoms with Gasteiger partial charge in [0.05, 0.1) is 21.9 Å². The molecule has 0 fully saturated rings. The summed E-state index contributed by atoms with van der Waals surface area (Å²) in [5, 5.41) is 12.9. The van der Waals surface area contributed by atoms with Gasteiger partial charge in [0.1, 0.15) is 5.82 Å². The lowest BCUT2D eigenvalue weighted by Crippen LogP contribution is -2.10. The topological polar surface area (TPSA) is 89.3 Å². The summed E-state index contributed by atoms with van der Waals surface area (Å²) >= 11 is 0. The van der Waals surface area contributed by atoms with E-state index in [1.165, 1.54) is 11.6 Å². The van der Waals surface area contributed by atoms with Crippen LogP contribution in [0, 0.1) is 12.7 Å². The molecule has 6 nitrogen and oxygen atoms in total. The molecule has 1 aromatic heterocycles. The monoisotopic (exact) mass is 312 g/mol. The van der Waals surface area contributed by atoms with Gasteiger partial charge in [-0.1, -0.05) is 0 Å². The Labute approximate surface area is 120 Å². The third-order valence-electron chi connectivity index (χ3n) is 2.92. The van der Waals surface area contributed by atoms with Crippen LogP contribution in [0.5, 0.6) is 0 Å². The van der Waals surface area contributed by atoms with Crippen LogP contribution in [0.4, 0.5) is 4.39 Å². The highest BCUT2D eigenvalue weighted by atomic mass is 32.2. The van der Waals surface area contributed by atoms with Crippen LogP contribution < -0.4 is 0 Å². The van der Waals surface area contributed by atoms with E-state index in [4.69, 9.17) is 5.11 Å². The van der Waals surface area contributed by atoms with Crippen molar-refractivity contribution >= 4 is 15.8 Å². The number of hydrogen-bond acceptors (Lipinski definition) is 4. The molecule has 0 aliphatic carbocycles. The smallest absolute Gasteiger partial charge is 0.338 e. The molecule has 21 heavy (non-hydrogen) atoms. The van der Waals surface area contributed by atoms with Gasteiger partial charge in [-0.25, -0.2) is 17.6 Å². The molecule has 112 valence electrons. The van der Waals surface area contributed by atoms with Gasteiger partial charge in [-0.05, 0) is 30.7 Å². The van der Waals surface area contributed by atoms with Gasteiger partial charge in [0.25, 0.3) is 0 Å². The summed E-state index contributed by atoms with van der Waals surface area (Å²) in [7, 11) is -2.15. The summed E-state index contributed by atoms with van der Waals surface area (Å²) in [4.78, 5) is 10.7. The van der Waals surface area contributed by atoms with E-state index < -0.39 is 27.2 Å². The van der Waals surface area contributed by atoms with Crippen LogP contribution in [0.3, 0.4) is 0 Å². The van der Waals surface area contributed by atoms with Gasteiger partial charge in [-0.15, -0.1) is 0 Å². The summed E-state index contributed by atoms with van der Waals surface area (Å²) in [5.41, 5.74) is -0.361. The van der Waals surface area contributed by atoms with E-state index in [0.717, 1.165) is 12.1 Å². The van der Waals surface area contributed by atoms with Gasteiger partial charge in [-0.2, -0.15) is 5.10 Å². The number of hydrogen-bond donors (Lipinski definition) is 1. The first kappa shape index (κ1) is 15.2. The van der Waals surface area contributed by atoms with E-state index in [1.807, 2.05) is 0 Å². The molecule has 0 amide bonds. The second-order valence-corrected chi connectivity index (χ2v) is 6.64. The number of carboxylic acids is 1. The maximum absolute atomic E-state index is 13.7. The predicted molar refractivity (Wildman–Crippen MR) is 72.2 cm³/mol. The zero-order valence-electron chi connectivity index (χ0n) is 11.4. The molecular formula is C13H13FN2O4S. The van der Waals surface area contributed by atoms with E-state index in [2.05, 4.69) is 5.10 Å². The van der Waals surface area contributed by atoms with Crippen molar-refractivity contribution in [3.63, 3.8) is 0 Å². The summed E-state index contributed by atoms with van der Waals surface area (Å²) in [6.07, 6.45) is 1.60. The minimum atomic E-state index is -3.80. The van der Waals surface area contributed by atoms with Crippen LogP contribution >= 0.6 is 0 Å². The molecule has 0 bridgehead atoms. The molecular weight excluding hydrogens is 299 g/mol. The van der Waals surface area contributed by atoms with Crippen molar-refractivity contribution in [1.29, 1.82) is 0 Å². The normalized spacial score (nSPS) is 11.6. The first-order chi connectivity index (χ1) is 9.70. The minimum absolute atomic E-state index is 0.0329. The lowest BCUT2D eigenvalue weighted by atomic mass is 10.1. The average Bonchev–Trinajstić information content (AvgIpc) is 2.76. The third kappa shape index (κ3) is 3.10. The number of carboxylic acid groups (broad SMARTS) is 1. The van der Waals surface area contributed by atoms with Crippen molar-refractivity contribution in [2.24, 2.45) is 7.05 Å². The van der Waals surface area contributed by atoms with E-state index in [-0.39, 0.29) is 16.2 Å². The van der Waals surface area contributed by atoms with Crippen LogP contribution in [0.2, 0.25) is 0 Å². The quantitative estimate of drug-likeness (QED) is 0.865. The standard InChI is InChI=1S/C13H13FN2O4S/c1-8-5-10(6-11(12(8)14)13(17)18)21(19,20)7-9-3-4-16(2)15-9/h3-6H,7H2,1-2H3,(H,17,18). The summed E-state index contributed by atoms with van der Waals surface area (Å²) in [5.74, 6) is -2.82. The third-order valence-corrected chi connectivity index (χ3v) is 4.55. The second-order valence-electron chi connectivity index (χ2n) is 4.65. The van der Waals surface area contributed by atoms with Gasteiger partial charge in [0, 0.05) is 13.2 Å². The van der Waals surface area contributed by atoms with Gasteiger partial charge in [0.2, 0.25) is 0 Å². The zero-order chi connectivity index (χ0) is 15.8. The van der Waals surface area contributed by atoms with Gasteiger partial charge in [-0.3, -0.25) is 4.68 Å². The van der Waals surface area contributed by atoms with Crippen LogP contribution in [0.25, 0.3) is 0 Å². The van der Waals surface area contributed by atoms with Crippen molar-refractivity contribution in [2.45, 2.75) is 17.6 Å². The average molecular weight is 312 g/mol. The first-order valence-electron chi connectivity index (χ1n) is 5.95. The molecule has 0 atom stereocenters. The molecule has 0 saturated carbocycles. The number of benzene rings is 1. The second kappa shape index (κ2) is 5.28. The number of aromatic carboxylic acids is 1. The molecule has 1 heterocycles. The molecule has 1 aromatic carbocycles. The van der Waals surface area contributed by atoms with Crippen molar-refractivity contribution in [3.05, 3.63) is 47.0 Å². The number of halogens is 1. The van der Waals surface area contributed by atoms with Gasteiger partial charge in [0.15, 0.2) is 9.84 Å². The molecule has 0 aliphatic heterocycles. The molecule has 2 aromatic rings. The maximum atomic E-state index is 13.7. The van der Waals surface area contributed by atoms with E-state index >= 15 is 0 Å². The van der Waals surface area contributed by atoms with Crippen LogP contribution in [0.1, 0.15) is 21.6 Å². The van der Waals surface area contributed by atoms with E-state index in [1.54, 1.807) is 19.3 Å². The molecule has 0 radical (unpaired) electrons. The first-order valence-corrected chi connectivity index (χ1v) is 7.60. The fourth-order valence-corrected chi connectivity index (χ4v) is 3.25. The van der Waals surface area contributed by atoms with Gasteiger partial charge >= 0.3 is 5.97 Å². The Balaban J connectivity index is 2.47. The number of rotatable bonds is 4. The highest BCUT2D eigenvalue weighted by Crippen LogP contribution is 2.22. The Morgan fingerprint density at radius 3 is 2.62 bits per heavy atom. The summed E-state index contributed by atoms with van der Waals surface area (Å²) < 4.78 is 39.7. The predicted octanol–water partition coefficient (Wildman–Crippen LogP) is 1.54. The minimum Gasteiger partial charge on any atom is -0.478 e. The molecule has 2 rings (SSSR count). The van der Waals surface area contributed by atoms with E-state index in [9.17, 15) is 17.6 Å². The molecule has 1 N–H and O–H groups in total. The number of nitrogens with zero attached hydrogens (tertiary/aromatic N) is 2. The molecule has 0 saturated heterocycles. The van der Waals surface area contributed by atoms with Crippen molar-refractivity contribution in [2.75, 3.05) is 0 Å². The van der Waals surface area contributed by atoms with Crippen LogP contribution in [0.15, 0.2) is 29.3 Å². The Hall–Kier alpha value is -2.22. The number of sulfone groups is 1. The molecule has 0 aliphatic rings. The maximum Gasteiger partial charge on any atom is 0.338 e. The fraction of sp³-hybridized carbons (Fsp3) is 0.231. The van der Waals surface area contributed by atoms with Crippen molar-refractivity contribution in [3.8, 4) is 0 Å². The highest BCUT2D eigenvalue weighted by molar-refractivity contribution is 7.90. The lowest BCUT2D eigenvalue weighted by molar-refractivity contribution is 0.0691. The number of carbonyl (C=O) groups is 1. The number of aryl methyl sites for hydroxylation is 2. The van der Waals surface area contributed by atoms with Crippen molar-refractivity contribution < 1.29 is 22.7 Å². The van der Waals surface area contributed by atoms with E-state index in [0.29, 0.717) is 5.69 Å². The highest BCUT2D eigenvalue weighted by Gasteiger charge is 2.22. The Morgan fingerprint density at radius 1 is 1.43 bits per heavy atom. The Kier molecular flexibility index (Phi) is 3.82. The Morgan fingerprint density at radius 2 is 2.10 bits per heavy atom. The molecule has 8 heteroatoms. The molecule has 0 spiro atoms. The largest absolute Gasteiger partial charge is 0.478 e. The summed E-state index contributed by atoms with van der Waals surface area (Å²) in [6, 6.07) is 3.51. The SMILES string of the molecule is Cc1cc(S(=O)(=O)Cc2ccn(C)n2)cc(C(=O)O)c1F. The Bertz CT molecular complexity index is 812. The van der Waals surface area contributed by atoms with Crippen molar-refractivity contribution in [1.82, 2.24) is 9.78 Å². The van der Waals surface area contributed by atoms with Crippen LogP contribution in [-0.4, -0.2) is 29.3 Å². The van der Waals surface area contributed by atoms with Gasteiger partial charge < -0.3 is 5.11 Å². The molecule has 0 unspecified atom stereocenters. The summed E-state index contributed by atoms with van der Waals surface area (Å²) in [6.45, 7) is 1.32. The zero-order valence-corrected chi connectivity index (χ0v) is 12.2. The van der Waals surface area contributed by atoms with Crippen LogP contribution in [-0.2, 0) is 22.6 Å².